The summed E-state index contributed by atoms with van der Waals surface area (Å²) in [4.78, 5) is 15.1. The lowest BCUT2D eigenvalue weighted by molar-refractivity contribution is 0.249. The summed E-state index contributed by atoms with van der Waals surface area (Å²) in [6, 6.07) is 15.2. The predicted molar refractivity (Wildman–Crippen MR) is 147 cm³/mol. The van der Waals surface area contributed by atoms with Gasteiger partial charge in [-0.1, -0.05) is 48.0 Å². The number of hydrogen-bond donors (Lipinski definition) is 2. The normalized spacial score (nSPS) is 14.5. The number of sulfone groups is 1. The van der Waals surface area contributed by atoms with Crippen molar-refractivity contribution >= 4 is 33.2 Å². The van der Waals surface area contributed by atoms with Gasteiger partial charge in [0.15, 0.2) is 9.84 Å². The van der Waals surface area contributed by atoms with Crippen LogP contribution in [0.5, 0.6) is 5.75 Å². The number of aryl methyl sites for hydroxylation is 1. The van der Waals surface area contributed by atoms with Gasteiger partial charge in [0.05, 0.1) is 29.5 Å². The van der Waals surface area contributed by atoms with Gasteiger partial charge in [-0.05, 0) is 67.3 Å². The maximum Gasteiger partial charge on any atom is 0.319 e. The monoisotopic (exact) mass is 541 g/mol. The fourth-order valence-electron chi connectivity index (χ4n) is 4.55. The molecule has 0 fully saturated rings. The van der Waals surface area contributed by atoms with E-state index in [0.717, 1.165) is 36.2 Å². The van der Waals surface area contributed by atoms with E-state index in [-0.39, 0.29) is 22.4 Å². The number of halogens is 1. The van der Waals surface area contributed by atoms with E-state index in [4.69, 9.17) is 16.3 Å². The minimum Gasteiger partial charge on any atom is -0.495 e. The van der Waals surface area contributed by atoms with Gasteiger partial charge in [-0.15, -0.1) is 0 Å². The molecule has 0 aliphatic carbocycles. The summed E-state index contributed by atoms with van der Waals surface area (Å²) in [5.41, 5.74) is 5.29. The molecular formula is C28H32ClN3O4S. The number of likely N-dealkylation sites (N-methyl/N-ethyl adjacent to an activating group) is 1. The Morgan fingerprint density at radius 3 is 2.68 bits per heavy atom. The summed E-state index contributed by atoms with van der Waals surface area (Å²) < 4.78 is 31.8. The van der Waals surface area contributed by atoms with Crippen LogP contribution in [0, 0.1) is 6.92 Å². The van der Waals surface area contributed by atoms with Crippen LogP contribution in [0.15, 0.2) is 59.5 Å². The Labute approximate surface area is 223 Å². The van der Waals surface area contributed by atoms with E-state index in [2.05, 4.69) is 22.6 Å². The number of carbonyl (C=O) groups is 1. The molecule has 3 aromatic carbocycles. The number of anilines is 1. The maximum absolute atomic E-state index is 13.2. The molecule has 1 aliphatic heterocycles. The van der Waals surface area contributed by atoms with E-state index < -0.39 is 15.9 Å². The van der Waals surface area contributed by atoms with Crippen LogP contribution in [0.3, 0.4) is 0 Å². The fourth-order valence-corrected chi connectivity index (χ4v) is 6.18. The van der Waals surface area contributed by atoms with Gasteiger partial charge in [0.1, 0.15) is 5.75 Å². The average Bonchev–Trinajstić information content (AvgIpc) is 2.85. The van der Waals surface area contributed by atoms with Gasteiger partial charge >= 0.3 is 6.03 Å². The van der Waals surface area contributed by atoms with Crippen molar-refractivity contribution < 1.29 is 17.9 Å². The topological polar surface area (TPSA) is 87.7 Å². The van der Waals surface area contributed by atoms with Crippen LogP contribution >= 0.6 is 11.6 Å². The van der Waals surface area contributed by atoms with Crippen LogP contribution in [-0.2, 0) is 28.6 Å². The number of urea groups is 1. The van der Waals surface area contributed by atoms with Crippen LogP contribution in [0.2, 0.25) is 5.02 Å². The Hall–Kier alpha value is -3.07. The molecule has 0 radical (unpaired) electrons. The molecule has 1 atom stereocenters. The van der Waals surface area contributed by atoms with E-state index in [9.17, 15) is 13.2 Å². The molecule has 2 amide bonds. The minimum atomic E-state index is -3.63. The molecule has 37 heavy (non-hydrogen) atoms. The fraction of sp³-hybridized carbons (Fsp3) is 0.321. The molecule has 1 heterocycles. The Morgan fingerprint density at radius 1 is 1.14 bits per heavy atom. The third-order valence-corrected chi connectivity index (χ3v) is 8.85. The number of rotatable bonds is 7. The molecule has 1 unspecified atom stereocenters. The van der Waals surface area contributed by atoms with Gasteiger partial charge < -0.3 is 20.3 Å². The molecule has 7 nitrogen and oxygen atoms in total. The second-order valence-corrected chi connectivity index (χ2v) is 11.9. The third kappa shape index (κ3) is 6.26. The van der Waals surface area contributed by atoms with Gasteiger partial charge in [-0.2, -0.15) is 0 Å². The molecule has 0 saturated heterocycles. The van der Waals surface area contributed by atoms with Crippen molar-refractivity contribution in [3.63, 3.8) is 0 Å². The number of nitrogens with zero attached hydrogens (tertiary/aromatic N) is 1. The largest absolute Gasteiger partial charge is 0.495 e. The first-order valence-corrected chi connectivity index (χ1v) is 14.1. The highest BCUT2D eigenvalue weighted by atomic mass is 35.5. The second kappa shape index (κ2) is 11.1. The molecule has 0 aromatic heterocycles. The van der Waals surface area contributed by atoms with E-state index >= 15 is 0 Å². The van der Waals surface area contributed by atoms with Gasteiger partial charge in [0.25, 0.3) is 0 Å². The maximum atomic E-state index is 13.2. The van der Waals surface area contributed by atoms with Crippen molar-refractivity contribution in [2.45, 2.75) is 43.5 Å². The van der Waals surface area contributed by atoms with E-state index in [1.165, 1.54) is 36.4 Å². The Morgan fingerprint density at radius 2 is 1.92 bits per heavy atom. The molecule has 1 aliphatic rings. The Kier molecular flexibility index (Phi) is 8.11. The Bertz CT molecular complexity index is 1420. The molecule has 9 heteroatoms. The molecule has 2 N–H and O–H groups in total. The van der Waals surface area contributed by atoms with Crippen molar-refractivity contribution in [1.29, 1.82) is 0 Å². The van der Waals surface area contributed by atoms with Crippen LogP contribution in [0.1, 0.15) is 40.8 Å². The van der Waals surface area contributed by atoms with Crippen molar-refractivity contribution in [3.05, 3.63) is 87.4 Å². The Balaban J connectivity index is 1.47. The molecule has 4 rings (SSSR count). The lowest BCUT2D eigenvalue weighted by atomic mass is 9.98. The zero-order valence-electron chi connectivity index (χ0n) is 21.5. The number of ether oxygens (including phenoxy) is 1. The second-order valence-electron chi connectivity index (χ2n) is 9.51. The molecule has 0 bridgehead atoms. The van der Waals surface area contributed by atoms with Gasteiger partial charge in [-0.25, -0.2) is 13.2 Å². The molecule has 3 aromatic rings. The first-order chi connectivity index (χ1) is 17.6. The molecule has 0 saturated carbocycles. The van der Waals surface area contributed by atoms with Gasteiger partial charge in [0.2, 0.25) is 0 Å². The number of benzene rings is 3. The number of hydrogen-bond acceptors (Lipinski definition) is 5. The van der Waals surface area contributed by atoms with Crippen LogP contribution in [0.25, 0.3) is 0 Å². The quantitative estimate of drug-likeness (QED) is 0.412. The highest BCUT2D eigenvalue weighted by Gasteiger charge is 2.21. The summed E-state index contributed by atoms with van der Waals surface area (Å²) >= 11 is 6.39. The van der Waals surface area contributed by atoms with Crippen molar-refractivity contribution in [2.24, 2.45) is 0 Å². The van der Waals surface area contributed by atoms with Crippen LogP contribution in [0.4, 0.5) is 10.5 Å². The lowest BCUT2D eigenvalue weighted by Gasteiger charge is -2.25. The first-order valence-electron chi connectivity index (χ1n) is 12.1. The highest BCUT2D eigenvalue weighted by Crippen LogP contribution is 2.31. The number of methoxy groups -OCH3 is 1. The van der Waals surface area contributed by atoms with Crippen LogP contribution < -0.4 is 15.4 Å². The summed E-state index contributed by atoms with van der Waals surface area (Å²) in [5, 5.41) is 6.21. The van der Waals surface area contributed by atoms with Crippen molar-refractivity contribution in [1.82, 2.24) is 10.2 Å². The number of carbonyl (C=O) groups excluding carboxylic acids is 1. The number of fused-ring (bicyclic) bond motifs is 1. The smallest absolute Gasteiger partial charge is 0.319 e. The molecular weight excluding hydrogens is 510 g/mol. The van der Waals surface area contributed by atoms with E-state index in [1.54, 1.807) is 0 Å². The summed E-state index contributed by atoms with van der Waals surface area (Å²) in [6.07, 6.45) is 0.907. The molecule has 0 spiro atoms. The zero-order chi connectivity index (χ0) is 26.7. The minimum absolute atomic E-state index is 0.110. The van der Waals surface area contributed by atoms with E-state index in [1.807, 2.05) is 50.2 Å². The lowest BCUT2D eigenvalue weighted by Crippen LogP contribution is -2.31. The van der Waals surface area contributed by atoms with Gasteiger partial charge in [0, 0.05) is 24.2 Å². The summed E-state index contributed by atoms with van der Waals surface area (Å²) in [7, 11) is -0.110. The summed E-state index contributed by atoms with van der Waals surface area (Å²) in [5.74, 6) is 0.146. The predicted octanol–water partition coefficient (Wildman–Crippen LogP) is 5.50. The van der Waals surface area contributed by atoms with Crippen molar-refractivity contribution in [3.8, 4) is 5.75 Å². The van der Waals surface area contributed by atoms with Gasteiger partial charge in [-0.3, -0.25) is 0 Å². The zero-order valence-corrected chi connectivity index (χ0v) is 23.0. The van der Waals surface area contributed by atoms with E-state index in [0.29, 0.717) is 10.7 Å². The average molecular weight is 542 g/mol. The number of amides is 2. The SMILES string of the molecule is COc1cc(S(=O)(=O)Cc2ccc3c(c2)CCN(C)C3)ccc1NC(=O)NC(C)c1cccc(C)c1Cl. The number of nitrogens with one attached hydrogen (secondary N) is 2. The third-order valence-electron chi connectivity index (χ3n) is 6.65. The van der Waals surface area contributed by atoms with Crippen LogP contribution in [-0.4, -0.2) is 40.1 Å². The summed E-state index contributed by atoms with van der Waals surface area (Å²) in [6.45, 7) is 5.58. The highest BCUT2D eigenvalue weighted by molar-refractivity contribution is 7.90. The standard InChI is InChI=1S/C28H32ClN3O4S/c1-18-6-5-7-24(27(18)29)19(2)30-28(33)31-25-11-10-23(15-26(25)36-4)37(34,35)17-20-8-9-22-16-32(3)13-12-21(22)14-20/h5-11,14-15,19H,12-13,16-17H2,1-4H3,(H2,30,31,33). The first kappa shape index (κ1) is 27.0. The van der Waals surface area contributed by atoms with Crippen molar-refractivity contribution in [2.75, 3.05) is 26.0 Å². The molecule has 196 valence electrons.